The van der Waals surface area contributed by atoms with Crippen LogP contribution in [-0.4, -0.2) is 43.9 Å². The maximum Gasteiger partial charge on any atom is 0.336 e. The van der Waals surface area contributed by atoms with Crippen LogP contribution in [0.2, 0.25) is 0 Å². The quantitative estimate of drug-likeness (QED) is 0.535. The molecule has 1 aromatic rings. The number of ketones is 1. The van der Waals surface area contributed by atoms with Crippen molar-refractivity contribution in [1.82, 2.24) is 4.90 Å². The number of hydrogen-bond acceptors (Lipinski definition) is 7. The van der Waals surface area contributed by atoms with Crippen LogP contribution in [0.5, 0.6) is 11.5 Å². The molecule has 0 spiro atoms. The smallest absolute Gasteiger partial charge is 0.336 e. The Morgan fingerprint density at radius 3 is 2.39 bits per heavy atom. The Hall–Kier alpha value is -3.09. The van der Waals surface area contributed by atoms with E-state index in [0.29, 0.717) is 28.9 Å². The largest absolute Gasteiger partial charge is 0.493 e. The molecular weight excluding hydrogens is 398 g/mol. The fourth-order valence-electron chi connectivity index (χ4n) is 4.48. The van der Waals surface area contributed by atoms with E-state index in [9.17, 15) is 14.4 Å². The number of esters is 2. The van der Waals surface area contributed by atoms with E-state index in [2.05, 4.69) is 13.8 Å². The summed E-state index contributed by atoms with van der Waals surface area (Å²) in [6, 6.07) is 5.09. The van der Waals surface area contributed by atoms with E-state index in [0.717, 1.165) is 17.8 Å². The summed E-state index contributed by atoms with van der Waals surface area (Å²) in [5.74, 6) is -0.910. The van der Waals surface area contributed by atoms with Crippen LogP contribution in [0, 0.1) is 5.41 Å². The van der Waals surface area contributed by atoms with Gasteiger partial charge in [-0.2, -0.15) is 0 Å². The summed E-state index contributed by atoms with van der Waals surface area (Å²) < 4.78 is 15.7. The van der Waals surface area contributed by atoms with Crippen molar-refractivity contribution >= 4 is 17.7 Å². The van der Waals surface area contributed by atoms with E-state index in [4.69, 9.17) is 14.2 Å². The summed E-state index contributed by atoms with van der Waals surface area (Å²) in [5.41, 5.74) is 3.20. The molecule has 0 saturated carbocycles. The molecule has 0 N–H and O–H groups in total. The monoisotopic (exact) mass is 427 g/mol. The standard InChI is InChI=1S/C24H29NO6/c1-13-20(23(28)30-7)21(15-8-9-18(31-14(2)26)19(10-15)29-6)22-16(25(13)5)11-24(3,4)12-17(22)27/h8-10,21H,11-12H2,1-7H3/t21-/m0/s1. The zero-order valence-electron chi connectivity index (χ0n) is 19.1. The maximum atomic E-state index is 13.3. The number of ether oxygens (including phenoxy) is 3. The number of allylic oxidation sites excluding steroid dienone is 3. The van der Waals surface area contributed by atoms with Gasteiger partial charge in [-0.1, -0.05) is 19.9 Å². The number of methoxy groups -OCH3 is 2. The second kappa shape index (κ2) is 8.21. The molecule has 7 heteroatoms. The number of carbonyl (C=O) groups is 3. The summed E-state index contributed by atoms with van der Waals surface area (Å²) in [7, 11) is 4.69. The van der Waals surface area contributed by atoms with Crippen molar-refractivity contribution in [3.63, 3.8) is 0 Å². The van der Waals surface area contributed by atoms with Gasteiger partial charge >= 0.3 is 11.9 Å². The predicted molar refractivity (Wildman–Crippen MR) is 115 cm³/mol. The molecule has 1 heterocycles. The molecule has 1 atom stereocenters. The number of carbonyl (C=O) groups excluding carboxylic acids is 3. The summed E-state index contributed by atoms with van der Waals surface area (Å²) in [5, 5.41) is 0. The van der Waals surface area contributed by atoms with E-state index in [-0.39, 0.29) is 16.9 Å². The van der Waals surface area contributed by atoms with E-state index < -0.39 is 17.9 Å². The van der Waals surface area contributed by atoms with Crippen molar-refractivity contribution in [2.24, 2.45) is 5.41 Å². The van der Waals surface area contributed by atoms with Crippen molar-refractivity contribution in [2.75, 3.05) is 21.3 Å². The molecule has 0 aromatic heterocycles. The van der Waals surface area contributed by atoms with Crippen molar-refractivity contribution in [3.05, 3.63) is 46.3 Å². The zero-order valence-corrected chi connectivity index (χ0v) is 19.1. The summed E-state index contributed by atoms with van der Waals surface area (Å²) in [4.78, 5) is 39.5. The highest BCUT2D eigenvalue weighted by Gasteiger charge is 2.44. The maximum absolute atomic E-state index is 13.3. The Morgan fingerprint density at radius 2 is 1.81 bits per heavy atom. The van der Waals surface area contributed by atoms with Crippen LogP contribution in [0.4, 0.5) is 0 Å². The first kappa shape index (κ1) is 22.6. The minimum atomic E-state index is -0.595. The van der Waals surface area contributed by atoms with E-state index >= 15 is 0 Å². The first-order valence-corrected chi connectivity index (χ1v) is 10.2. The van der Waals surface area contributed by atoms with Crippen molar-refractivity contribution in [2.45, 2.75) is 46.5 Å². The van der Waals surface area contributed by atoms with Crippen LogP contribution in [0.1, 0.15) is 52.0 Å². The summed E-state index contributed by atoms with van der Waals surface area (Å²) in [6.07, 6.45) is 1.11. The molecule has 0 saturated heterocycles. The van der Waals surface area contributed by atoms with Gasteiger partial charge in [0.1, 0.15) is 0 Å². The van der Waals surface area contributed by atoms with Crippen LogP contribution in [0.3, 0.4) is 0 Å². The molecule has 1 aliphatic carbocycles. The van der Waals surface area contributed by atoms with Crippen molar-refractivity contribution in [1.29, 1.82) is 0 Å². The van der Waals surface area contributed by atoms with Crippen LogP contribution < -0.4 is 9.47 Å². The minimum absolute atomic E-state index is 0.0139. The molecular formula is C24H29NO6. The third kappa shape index (κ3) is 4.09. The van der Waals surface area contributed by atoms with Gasteiger partial charge in [0.05, 0.1) is 19.8 Å². The average molecular weight is 427 g/mol. The lowest BCUT2D eigenvalue weighted by molar-refractivity contribution is -0.136. The molecule has 166 valence electrons. The highest BCUT2D eigenvalue weighted by molar-refractivity contribution is 6.04. The van der Waals surface area contributed by atoms with E-state index in [1.165, 1.54) is 21.1 Å². The van der Waals surface area contributed by atoms with Gasteiger partial charge in [0.25, 0.3) is 0 Å². The van der Waals surface area contributed by atoms with Crippen LogP contribution in [0.15, 0.2) is 40.7 Å². The molecule has 0 bridgehead atoms. The number of rotatable bonds is 4. The fourth-order valence-corrected chi connectivity index (χ4v) is 4.48. The Morgan fingerprint density at radius 1 is 1.13 bits per heavy atom. The minimum Gasteiger partial charge on any atom is -0.493 e. The Bertz CT molecular complexity index is 1020. The van der Waals surface area contributed by atoms with Crippen molar-refractivity contribution < 1.29 is 28.6 Å². The van der Waals surface area contributed by atoms with Crippen molar-refractivity contribution in [3.8, 4) is 11.5 Å². The molecule has 7 nitrogen and oxygen atoms in total. The molecule has 0 unspecified atom stereocenters. The van der Waals surface area contributed by atoms with Gasteiger partial charge in [0.15, 0.2) is 17.3 Å². The highest BCUT2D eigenvalue weighted by Crippen LogP contribution is 2.50. The number of benzene rings is 1. The van der Waals surface area contributed by atoms with Crippen LogP contribution in [-0.2, 0) is 19.1 Å². The molecule has 3 rings (SSSR count). The Kier molecular flexibility index (Phi) is 5.98. The molecule has 2 aliphatic rings. The highest BCUT2D eigenvalue weighted by atomic mass is 16.6. The average Bonchev–Trinajstić information content (AvgIpc) is 2.69. The third-order valence-electron chi connectivity index (χ3n) is 5.95. The SMILES string of the molecule is COC(=O)C1=C(C)N(C)C2=C(C(=O)CC(C)(C)C2)[C@H]1c1ccc(OC(C)=O)c(OC)c1. The lowest BCUT2D eigenvalue weighted by atomic mass is 9.68. The first-order valence-electron chi connectivity index (χ1n) is 10.2. The first-order chi connectivity index (χ1) is 14.5. The molecule has 0 fully saturated rings. The molecule has 1 aromatic carbocycles. The lowest BCUT2D eigenvalue weighted by Gasteiger charge is -2.43. The summed E-state index contributed by atoms with van der Waals surface area (Å²) >= 11 is 0. The second-order valence-electron chi connectivity index (χ2n) is 8.79. The molecule has 31 heavy (non-hydrogen) atoms. The Labute approximate surface area is 182 Å². The third-order valence-corrected chi connectivity index (χ3v) is 5.95. The molecule has 0 amide bonds. The number of hydrogen-bond donors (Lipinski definition) is 0. The van der Waals surface area contributed by atoms with Gasteiger partial charge in [-0.15, -0.1) is 0 Å². The van der Waals surface area contributed by atoms with Gasteiger partial charge in [-0.25, -0.2) is 4.79 Å². The predicted octanol–water partition coefficient (Wildman–Crippen LogP) is 3.74. The zero-order chi connectivity index (χ0) is 23.1. The number of Topliss-reactive ketones (excluding diaryl/α,β-unsaturated/α-hetero) is 1. The second-order valence-corrected chi connectivity index (χ2v) is 8.79. The topological polar surface area (TPSA) is 82.1 Å². The van der Waals surface area contributed by atoms with Crippen LogP contribution in [0.25, 0.3) is 0 Å². The van der Waals surface area contributed by atoms with Gasteiger partial charge in [0, 0.05) is 43.3 Å². The summed E-state index contributed by atoms with van der Waals surface area (Å²) in [6.45, 7) is 7.32. The van der Waals surface area contributed by atoms with Crippen LogP contribution >= 0.6 is 0 Å². The lowest BCUT2D eigenvalue weighted by Crippen LogP contribution is -2.39. The van der Waals surface area contributed by atoms with Gasteiger partial charge in [0.2, 0.25) is 0 Å². The fraction of sp³-hybridized carbons (Fsp3) is 0.458. The van der Waals surface area contributed by atoms with Gasteiger partial charge < -0.3 is 19.1 Å². The molecule has 1 aliphatic heterocycles. The number of nitrogens with zero attached hydrogens (tertiary/aromatic N) is 1. The Balaban J connectivity index is 2.25. The molecule has 0 radical (unpaired) electrons. The van der Waals surface area contributed by atoms with Gasteiger partial charge in [-0.3, -0.25) is 9.59 Å². The van der Waals surface area contributed by atoms with E-state index in [1.807, 2.05) is 18.9 Å². The normalized spacial score (nSPS) is 20.4. The van der Waals surface area contributed by atoms with E-state index in [1.54, 1.807) is 18.2 Å². The van der Waals surface area contributed by atoms with Gasteiger partial charge in [-0.05, 0) is 36.5 Å².